The molecule has 0 aliphatic rings. The van der Waals surface area contributed by atoms with Crippen LogP contribution in [-0.4, -0.2) is 25.8 Å². The predicted octanol–water partition coefficient (Wildman–Crippen LogP) is 1.75. The zero-order valence-electron chi connectivity index (χ0n) is 12.1. The molecule has 3 aromatic rings. The van der Waals surface area contributed by atoms with Gasteiger partial charge in [0.1, 0.15) is 5.82 Å². The van der Waals surface area contributed by atoms with Gasteiger partial charge in [-0.25, -0.2) is 9.37 Å². The first-order valence-electron chi connectivity index (χ1n) is 6.74. The molecule has 118 valence electrons. The van der Waals surface area contributed by atoms with Crippen LogP contribution >= 0.6 is 0 Å². The number of primary amides is 1. The molecule has 24 heavy (non-hydrogen) atoms. The van der Waals surface area contributed by atoms with Crippen molar-refractivity contribution in [3.8, 4) is 28.9 Å². The number of hydrogen-bond acceptors (Lipinski definition) is 5. The van der Waals surface area contributed by atoms with E-state index in [4.69, 9.17) is 11.0 Å². The van der Waals surface area contributed by atoms with E-state index in [1.165, 1.54) is 36.7 Å². The van der Waals surface area contributed by atoms with Crippen molar-refractivity contribution in [3.05, 3.63) is 59.7 Å². The Kier molecular flexibility index (Phi) is 3.67. The van der Waals surface area contributed by atoms with Crippen LogP contribution in [0.25, 0.3) is 16.9 Å². The first-order valence-corrected chi connectivity index (χ1v) is 6.74. The van der Waals surface area contributed by atoms with Crippen molar-refractivity contribution in [2.45, 2.75) is 0 Å². The summed E-state index contributed by atoms with van der Waals surface area (Å²) in [5.74, 6) is -1.37. The number of amides is 1. The van der Waals surface area contributed by atoms with E-state index in [9.17, 15) is 14.3 Å². The van der Waals surface area contributed by atoms with Crippen molar-refractivity contribution in [1.29, 1.82) is 5.26 Å². The lowest BCUT2D eigenvalue weighted by Gasteiger charge is -2.05. The Balaban J connectivity index is 2.03. The maximum atomic E-state index is 14.1. The number of pyridine rings is 1. The summed E-state index contributed by atoms with van der Waals surface area (Å²) >= 11 is 0. The fourth-order valence-electron chi connectivity index (χ4n) is 2.16. The van der Waals surface area contributed by atoms with E-state index in [0.29, 0.717) is 0 Å². The second kappa shape index (κ2) is 5.81. The summed E-state index contributed by atoms with van der Waals surface area (Å²) in [4.78, 5) is 15.0. The fourth-order valence-corrected chi connectivity index (χ4v) is 2.16. The number of aromatic hydroxyl groups is 1. The molecule has 0 spiro atoms. The molecule has 3 rings (SSSR count). The smallest absolute Gasteiger partial charge is 0.250 e. The highest BCUT2D eigenvalue weighted by Gasteiger charge is 2.17. The molecule has 3 N–H and O–H groups in total. The van der Waals surface area contributed by atoms with Gasteiger partial charge in [-0.2, -0.15) is 15.0 Å². The molecule has 0 aliphatic heterocycles. The van der Waals surface area contributed by atoms with Crippen molar-refractivity contribution >= 4 is 5.91 Å². The molecule has 0 bridgehead atoms. The van der Waals surface area contributed by atoms with Gasteiger partial charge < -0.3 is 10.8 Å². The minimum absolute atomic E-state index is 0.103. The number of benzene rings is 1. The largest absolute Gasteiger partial charge is 0.493 e. The molecular formula is C16H10FN5O2. The highest BCUT2D eigenvalue weighted by Crippen LogP contribution is 2.32. The van der Waals surface area contributed by atoms with Gasteiger partial charge in [0.25, 0.3) is 0 Å². The Bertz CT molecular complexity index is 973. The minimum atomic E-state index is -0.652. The van der Waals surface area contributed by atoms with Crippen LogP contribution in [0.4, 0.5) is 4.39 Å². The Morgan fingerprint density at radius 3 is 2.62 bits per heavy atom. The normalized spacial score (nSPS) is 10.3. The first-order chi connectivity index (χ1) is 11.5. The van der Waals surface area contributed by atoms with Crippen molar-refractivity contribution in [2.75, 3.05) is 0 Å². The Hall–Kier alpha value is -3.73. The molecule has 0 saturated heterocycles. The van der Waals surface area contributed by atoms with Crippen molar-refractivity contribution < 1.29 is 14.3 Å². The van der Waals surface area contributed by atoms with Crippen LogP contribution in [0.3, 0.4) is 0 Å². The van der Waals surface area contributed by atoms with Gasteiger partial charge in [0, 0.05) is 11.8 Å². The number of carbonyl (C=O) groups excluding carboxylic acids is 1. The van der Waals surface area contributed by atoms with Crippen molar-refractivity contribution in [1.82, 2.24) is 14.8 Å². The van der Waals surface area contributed by atoms with Crippen LogP contribution in [0.5, 0.6) is 5.88 Å². The minimum Gasteiger partial charge on any atom is -0.493 e. The summed E-state index contributed by atoms with van der Waals surface area (Å²) in [5, 5.41) is 23.0. The summed E-state index contributed by atoms with van der Waals surface area (Å²) in [6.07, 6.45) is 2.53. The Morgan fingerprint density at radius 1 is 1.25 bits per heavy atom. The third-order valence-corrected chi connectivity index (χ3v) is 3.38. The van der Waals surface area contributed by atoms with Gasteiger partial charge in [0.05, 0.1) is 29.0 Å². The number of rotatable bonds is 3. The maximum Gasteiger partial charge on any atom is 0.250 e. The van der Waals surface area contributed by atoms with Gasteiger partial charge in [0.15, 0.2) is 5.82 Å². The number of halogens is 1. The third kappa shape index (κ3) is 2.55. The van der Waals surface area contributed by atoms with Gasteiger partial charge in [-0.1, -0.05) is 0 Å². The van der Waals surface area contributed by atoms with Crippen molar-refractivity contribution in [2.24, 2.45) is 5.73 Å². The number of nitriles is 1. The van der Waals surface area contributed by atoms with Gasteiger partial charge in [-0.15, -0.1) is 0 Å². The van der Waals surface area contributed by atoms with E-state index >= 15 is 0 Å². The Labute approximate surface area is 135 Å². The summed E-state index contributed by atoms with van der Waals surface area (Å²) in [6, 6.07) is 8.63. The molecule has 2 aromatic heterocycles. The third-order valence-electron chi connectivity index (χ3n) is 3.38. The number of aromatic nitrogens is 3. The zero-order valence-corrected chi connectivity index (χ0v) is 12.1. The molecule has 7 nitrogen and oxygen atoms in total. The first kappa shape index (κ1) is 15.2. The molecule has 0 radical (unpaired) electrons. The lowest BCUT2D eigenvalue weighted by atomic mass is 10.1. The number of hydrogen-bond donors (Lipinski definition) is 2. The van der Waals surface area contributed by atoms with Gasteiger partial charge >= 0.3 is 0 Å². The monoisotopic (exact) mass is 323 g/mol. The van der Waals surface area contributed by atoms with Gasteiger partial charge in [-0.05, 0) is 30.3 Å². The van der Waals surface area contributed by atoms with E-state index in [1.54, 1.807) is 0 Å². The van der Waals surface area contributed by atoms with Crippen LogP contribution < -0.4 is 5.73 Å². The molecule has 2 heterocycles. The van der Waals surface area contributed by atoms with E-state index in [-0.39, 0.29) is 34.0 Å². The van der Waals surface area contributed by atoms with Crippen LogP contribution in [0, 0.1) is 17.1 Å². The SMILES string of the molecule is N#Cc1ccc(-c2cnn(-c3ccc(C(N)=O)cn3)c2O)c(F)c1. The second-order valence-corrected chi connectivity index (χ2v) is 4.87. The van der Waals surface area contributed by atoms with Gasteiger partial charge in [-0.3, -0.25) is 4.79 Å². The van der Waals surface area contributed by atoms with Crippen LogP contribution in [0.2, 0.25) is 0 Å². The standard InChI is InChI=1S/C16H10FN5O2/c17-13-5-9(6-18)1-3-11(13)12-8-21-22(16(12)24)14-4-2-10(7-20-14)15(19)23/h1-5,7-8,24H,(H2,19,23). The van der Waals surface area contributed by atoms with E-state index in [2.05, 4.69) is 10.1 Å². The summed E-state index contributed by atoms with van der Waals surface area (Å²) < 4.78 is 15.2. The lowest BCUT2D eigenvalue weighted by Crippen LogP contribution is -2.11. The van der Waals surface area contributed by atoms with Crippen LogP contribution in [-0.2, 0) is 0 Å². The molecule has 1 amide bonds. The molecule has 0 aliphatic carbocycles. The zero-order chi connectivity index (χ0) is 17.3. The summed E-state index contributed by atoms with van der Waals surface area (Å²) in [6.45, 7) is 0. The maximum absolute atomic E-state index is 14.1. The molecule has 0 fully saturated rings. The summed E-state index contributed by atoms with van der Waals surface area (Å²) in [7, 11) is 0. The average Bonchev–Trinajstić information content (AvgIpc) is 2.96. The number of carbonyl (C=O) groups is 1. The summed E-state index contributed by atoms with van der Waals surface area (Å²) in [5.41, 5.74) is 5.78. The molecule has 0 unspecified atom stereocenters. The predicted molar refractivity (Wildman–Crippen MR) is 81.7 cm³/mol. The topological polar surface area (TPSA) is 118 Å². The van der Waals surface area contributed by atoms with E-state index in [1.807, 2.05) is 6.07 Å². The average molecular weight is 323 g/mol. The highest BCUT2D eigenvalue weighted by molar-refractivity contribution is 5.92. The molecule has 0 saturated carbocycles. The fraction of sp³-hybridized carbons (Fsp3) is 0. The highest BCUT2D eigenvalue weighted by atomic mass is 19.1. The Morgan fingerprint density at radius 2 is 2.04 bits per heavy atom. The number of nitrogens with zero attached hydrogens (tertiary/aromatic N) is 4. The van der Waals surface area contributed by atoms with E-state index < -0.39 is 11.7 Å². The van der Waals surface area contributed by atoms with Crippen LogP contribution in [0.15, 0.2) is 42.7 Å². The molecule has 8 heteroatoms. The van der Waals surface area contributed by atoms with E-state index in [0.717, 1.165) is 10.7 Å². The molecular weight excluding hydrogens is 313 g/mol. The molecule has 0 atom stereocenters. The van der Waals surface area contributed by atoms with Crippen LogP contribution in [0.1, 0.15) is 15.9 Å². The molecule has 1 aromatic carbocycles. The van der Waals surface area contributed by atoms with Gasteiger partial charge in [0.2, 0.25) is 11.8 Å². The number of nitrogens with two attached hydrogens (primary N) is 1. The lowest BCUT2D eigenvalue weighted by molar-refractivity contribution is 0.1000. The van der Waals surface area contributed by atoms with Crippen molar-refractivity contribution in [3.63, 3.8) is 0 Å². The quantitative estimate of drug-likeness (QED) is 0.761. The second-order valence-electron chi connectivity index (χ2n) is 4.87.